The third-order valence-corrected chi connectivity index (χ3v) is 10.5. The van der Waals surface area contributed by atoms with Gasteiger partial charge in [0.1, 0.15) is 11.1 Å². The summed E-state index contributed by atoms with van der Waals surface area (Å²) in [5.41, 5.74) is 5.09. The first kappa shape index (κ1) is 37.1. The minimum Gasteiger partial charge on any atom is -0.493 e. The third kappa shape index (κ3) is 10.4. The van der Waals surface area contributed by atoms with Gasteiger partial charge in [-0.1, -0.05) is 95.3 Å². The molecule has 1 aliphatic heterocycles. The van der Waals surface area contributed by atoms with Gasteiger partial charge in [-0.25, -0.2) is 13.4 Å². The minimum absolute atomic E-state index is 0.0555. The predicted octanol–water partition coefficient (Wildman–Crippen LogP) is 4.02. The molecule has 1 heterocycles. The summed E-state index contributed by atoms with van der Waals surface area (Å²) in [6, 6.07) is 23.1. The summed E-state index contributed by atoms with van der Waals surface area (Å²) in [5, 5.41) is 18.2. The number of benzene rings is 3. The van der Waals surface area contributed by atoms with E-state index in [-0.39, 0.29) is 42.7 Å². The van der Waals surface area contributed by atoms with Gasteiger partial charge in [-0.15, -0.1) is 0 Å². The van der Waals surface area contributed by atoms with Crippen LogP contribution in [0.3, 0.4) is 0 Å². The van der Waals surface area contributed by atoms with Gasteiger partial charge in [-0.2, -0.15) is 0 Å². The Kier molecular flexibility index (Phi) is 12.8. The summed E-state index contributed by atoms with van der Waals surface area (Å²) in [7, 11) is -3.85. The summed E-state index contributed by atoms with van der Waals surface area (Å²) in [4.78, 5) is 27.3. The highest BCUT2D eigenvalue weighted by atomic mass is 32.2. The highest BCUT2D eigenvalue weighted by Crippen LogP contribution is 2.30. The Morgan fingerprint density at radius 3 is 2.23 bits per heavy atom. The van der Waals surface area contributed by atoms with Crippen molar-refractivity contribution in [3.8, 4) is 5.75 Å². The maximum atomic E-state index is 13.9. The van der Waals surface area contributed by atoms with Crippen LogP contribution in [0.5, 0.6) is 5.75 Å². The van der Waals surface area contributed by atoms with Gasteiger partial charge in [-0.05, 0) is 52.6 Å². The SMILES string of the molecule is CC(C)C(NC[C@@H](O)[C@H](Cc1ccccc1)N(NC(=O)CNCc1ccccc1)C(=O)CC(C)(C)C)S(=O)(=O)c1ccc2c(c1)CCO2. The smallest absolute Gasteiger partial charge is 0.252 e. The van der Waals surface area contributed by atoms with Gasteiger partial charge in [0.15, 0.2) is 9.84 Å². The van der Waals surface area contributed by atoms with Crippen LogP contribution >= 0.6 is 0 Å². The highest BCUT2D eigenvalue weighted by molar-refractivity contribution is 7.92. The quantitative estimate of drug-likeness (QED) is 0.177. The summed E-state index contributed by atoms with van der Waals surface area (Å²) < 4.78 is 33.3. The number of carbonyl (C=O) groups excluding carboxylic acids is 2. The number of aliphatic hydroxyl groups is 1. The molecule has 0 aromatic heterocycles. The van der Waals surface area contributed by atoms with Gasteiger partial charge < -0.3 is 15.2 Å². The van der Waals surface area contributed by atoms with Gasteiger partial charge in [0.05, 0.1) is 30.2 Å². The number of hydrogen-bond donors (Lipinski definition) is 4. The predicted molar refractivity (Wildman–Crippen MR) is 187 cm³/mol. The lowest BCUT2D eigenvalue weighted by atomic mass is 9.91. The molecule has 0 bridgehead atoms. The molecule has 1 aliphatic rings. The Hall–Kier alpha value is -3.77. The molecule has 11 heteroatoms. The van der Waals surface area contributed by atoms with Crippen LogP contribution in [0.15, 0.2) is 83.8 Å². The van der Waals surface area contributed by atoms with Crippen molar-refractivity contribution in [2.75, 3.05) is 19.7 Å². The zero-order chi connectivity index (χ0) is 34.9. The van der Waals surface area contributed by atoms with Crippen LogP contribution in [-0.4, -0.2) is 67.6 Å². The van der Waals surface area contributed by atoms with Crippen molar-refractivity contribution in [2.45, 2.75) is 82.8 Å². The monoisotopic (exact) mass is 678 g/mol. The largest absolute Gasteiger partial charge is 0.493 e. The lowest BCUT2D eigenvalue weighted by molar-refractivity contribution is -0.149. The Balaban J connectivity index is 1.57. The highest BCUT2D eigenvalue weighted by Gasteiger charge is 2.36. The van der Waals surface area contributed by atoms with Crippen LogP contribution in [0.4, 0.5) is 0 Å². The number of hydrazine groups is 1. The number of nitrogens with one attached hydrogen (secondary N) is 3. The van der Waals surface area contributed by atoms with Crippen molar-refractivity contribution >= 4 is 21.7 Å². The molecule has 3 atom stereocenters. The first-order valence-corrected chi connectivity index (χ1v) is 18.1. The first-order chi connectivity index (χ1) is 22.7. The number of ether oxygens (including phenoxy) is 1. The van der Waals surface area contributed by atoms with Gasteiger partial charge in [0.25, 0.3) is 5.91 Å². The fraction of sp³-hybridized carbons (Fsp3) is 0.459. The Labute approximate surface area is 285 Å². The molecule has 260 valence electrons. The van der Waals surface area contributed by atoms with E-state index >= 15 is 0 Å². The standard InChI is InChI=1S/C37H50N4O6S/c1-26(2)36(48(45,46)30-16-17-33-29(21-30)18-19-47-33)39-24-32(42)31(20-27-12-8-6-9-13-27)41(35(44)22-37(3,4)5)40-34(43)25-38-23-28-14-10-7-11-15-28/h6-17,21,26,31-32,36,38-39,42H,18-20,22-25H2,1-5H3,(H,40,43)/t31-,32+,36?/m0/s1. The summed E-state index contributed by atoms with van der Waals surface area (Å²) >= 11 is 0. The van der Waals surface area contributed by atoms with Crippen molar-refractivity contribution in [1.82, 2.24) is 21.1 Å². The number of carbonyl (C=O) groups is 2. The average Bonchev–Trinajstić information content (AvgIpc) is 3.51. The van der Waals surface area contributed by atoms with Crippen LogP contribution in [0, 0.1) is 11.3 Å². The van der Waals surface area contributed by atoms with Crippen LogP contribution in [0.2, 0.25) is 0 Å². The van der Waals surface area contributed by atoms with E-state index in [4.69, 9.17) is 4.74 Å². The summed E-state index contributed by atoms with van der Waals surface area (Å²) in [6.45, 7) is 10.2. The average molecular weight is 679 g/mol. The second-order valence-corrected chi connectivity index (χ2v) is 16.0. The molecule has 3 aromatic carbocycles. The zero-order valence-electron chi connectivity index (χ0n) is 28.6. The molecule has 4 N–H and O–H groups in total. The van der Waals surface area contributed by atoms with Gasteiger partial charge >= 0.3 is 0 Å². The first-order valence-electron chi connectivity index (χ1n) is 16.6. The van der Waals surface area contributed by atoms with Gasteiger partial charge in [-0.3, -0.25) is 20.3 Å². The molecule has 0 fully saturated rings. The van der Waals surface area contributed by atoms with Crippen molar-refractivity contribution in [3.63, 3.8) is 0 Å². The Bertz CT molecular complexity index is 1610. The Morgan fingerprint density at radius 2 is 1.60 bits per heavy atom. The summed E-state index contributed by atoms with van der Waals surface area (Å²) in [6.07, 6.45) is -0.260. The number of amides is 2. The number of aliphatic hydroxyl groups excluding tert-OH is 1. The Morgan fingerprint density at radius 1 is 0.958 bits per heavy atom. The number of sulfone groups is 1. The molecule has 0 aliphatic carbocycles. The molecule has 0 saturated carbocycles. The van der Waals surface area contributed by atoms with E-state index in [2.05, 4.69) is 16.1 Å². The van der Waals surface area contributed by atoms with E-state index in [1.165, 1.54) is 5.01 Å². The van der Waals surface area contributed by atoms with E-state index in [9.17, 15) is 23.1 Å². The molecule has 4 rings (SSSR count). The van der Waals surface area contributed by atoms with Gasteiger partial charge in [0.2, 0.25) is 5.91 Å². The lowest BCUT2D eigenvalue weighted by Gasteiger charge is -2.37. The molecule has 10 nitrogen and oxygen atoms in total. The number of nitrogens with zero attached hydrogens (tertiary/aromatic N) is 1. The molecule has 1 unspecified atom stereocenters. The molecular weight excluding hydrogens is 628 g/mol. The topological polar surface area (TPSA) is 137 Å². The minimum atomic E-state index is -3.85. The van der Waals surface area contributed by atoms with Gasteiger partial charge in [0, 0.05) is 25.9 Å². The maximum Gasteiger partial charge on any atom is 0.252 e. The molecule has 2 amide bonds. The second kappa shape index (κ2) is 16.6. The maximum absolute atomic E-state index is 13.9. The molecule has 0 saturated heterocycles. The molecule has 3 aromatic rings. The molecule has 48 heavy (non-hydrogen) atoms. The van der Waals surface area contributed by atoms with Crippen molar-refractivity contribution in [1.29, 1.82) is 0 Å². The van der Waals surface area contributed by atoms with E-state index in [1.807, 2.05) is 81.4 Å². The third-order valence-electron chi connectivity index (χ3n) is 8.17. The normalized spacial score (nSPS) is 14.9. The zero-order valence-corrected chi connectivity index (χ0v) is 29.4. The van der Waals surface area contributed by atoms with E-state index in [0.717, 1.165) is 16.7 Å². The van der Waals surface area contributed by atoms with E-state index < -0.39 is 38.7 Å². The van der Waals surface area contributed by atoms with E-state index in [1.54, 1.807) is 32.0 Å². The van der Waals surface area contributed by atoms with Crippen LogP contribution in [0.25, 0.3) is 0 Å². The van der Waals surface area contributed by atoms with E-state index in [0.29, 0.717) is 25.3 Å². The van der Waals surface area contributed by atoms with Crippen LogP contribution in [-0.2, 0) is 38.8 Å². The van der Waals surface area contributed by atoms with Crippen molar-refractivity contribution < 1.29 is 27.9 Å². The molecule has 0 radical (unpaired) electrons. The number of hydrogen-bond acceptors (Lipinski definition) is 8. The summed E-state index contributed by atoms with van der Waals surface area (Å²) in [5.74, 6) is -0.435. The fourth-order valence-electron chi connectivity index (χ4n) is 5.78. The second-order valence-electron chi connectivity index (χ2n) is 13.9. The fourth-order valence-corrected chi connectivity index (χ4v) is 7.67. The lowest BCUT2D eigenvalue weighted by Crippen LogP contribution is -2.60. The number of rotatable bonds is 15. The van der Waals surface area contributed by atoms with Crippen LogP contribution in [0.1, 0.15) is 57.7 Å². The number of fused-ring (bicyclic) bond motifs is 1. The van der Waals surface area contributed by atoms with Crippen molar-refractivity contribution in [3.05, 3.63) is 95.6 Å². The van der Waals surface area contributed by atoms with Crippen LogP contribution < -0.4 is 20.8 Å². The van der Waals surface area contributed by atoms with Crippen molar-refractivity contribution in [2.24, 2.45) is 11.3 Å². The molecule has 0 spiro atoms. The molecular formula is C37H50N4O6S.